The monoisotopic (exact) mass is 352 g/mol. The Hall–Kier alpha value is -3.54. The lowest BCUT2D eigenvalue weighted by molar-refractivity contribution is -0.131. The Morgan fingerprint density at radius 2 is 1.12 bits per heavy atom. The summed E-state index contributed by atoms with van der Waals surface area (Å²) < 4.78 is 10.7. The molecule has 2 aromatic rings. The highest BCUT2D eigenvalue weighted by atomic mass is 16.5. The second-order valence-corrected chi connectivity index (χ2v) is 5.85. The Morgan fingerprint density at radius 3 is 1.42 bits per heavy atom. The molecule has 0 saturated carbocycles. The SMILES string of the molecule is C=C(C)C(=O)Oc1cc(N)ccc1-c1ccc(N)cc1OC(=O)C(=C)C. The minimum Gasteiger partial charge on any atom is -0.422 e. The molecule has 0 spiro atoms. The van der Waals surface area contributed by atoms with Gasteiger partial charge in [0.05, 0.1) is 0 Å². The second kappa shape index (κ2) is 7.57. The maximum absolute atomic E-state index is 11.9. The van der Waals surface area contributed by atoms with Crippen LogP contribution in [0.2, 0.25) is 0 Å². The number of esters is 2. The van der Waals surface area contributed by atoms with Gasteiger partial charge in [-0.3, -0.25) is 0 Å². The van der Waals surface area contributed by atoms with E-state index in [4.69, 9.17) is 20.9 Å². The van der Waals surface area contributed by atoms with Gasteiger partial charge in [-0.25, -0.2) is 9.59 Å². The van der Waals surface area contributed by atoms with E-state index in [1.54, 1.807) is 24.3 Å². The second-order valence-electron chi connectivity index (χ2n) is 5.85. The molecule has 26 heavy (non-hydrogen) atoms. The lowest BCUT2D eigenvalue weighted by Crippen LogP contribution is -2.11. The van der Waals surface area contributed by atoms with Crippen LogP contribution in [0.25, 0.3) is 11.1 Å². The van der Waals surface area contributed by atoms with Crippen LogP contribution in [0.1, 0.15) is 13.8 Å². The van der Waals surface area contributed by atoms with Gasteiger partial charge in [-0.1, -0.05) is 13.2 Å². The summed E-state index contributed by atoms with van der Waals surface area (Å²) in [5, 5.41) is 0. The summed E-state index contributed by atoms with van der Waals surface area (Å²) in [7, 11) is 0. The number of nitrogens with two attached hydrogens (primary N) is 2. The first-order valence-electron chi connectivity index (χ1n) is 7.74. The molecule has 0 fully saturated rings. The fraction of sp³-hybridized carbons (Fsp3) is 0.100. The maximum Gasteiger partial charge on any atom is 0.338 e. The van der Waals surface area contributed by atoms with Crippen molar-refractivity contribution in [2.75, 3.05) is 11.5 Å². The summed E-state index contributed by atoms with van der Waals surface area (Å²) in [6, 6.07) is 9.65. The van der Waals surface area contributed by atoms with Gasteiger partial charge in [-0.15, -0.1) is 0 Å². The third kappa shape index (κ3) is 4.30. The molecule has 0 unspecified atom stereocenters. The molecular weight excluding hydrogens is 332 g/mol. The number of rotatable bonds is 5. The molecule has 0 saturated heterocycles. The molecule has 0 aliphatic rings. The number of hydrogen-bond donors (Lipinski definition) is 2. The van der Waals surface area contributed by atoms with Gasteiger partial charge in [-0.2, -0.15) is 0 Å². The standard InChI is InChI=1S/C20H20N2O4/c1-11(2)19(23)25-17-9-13(21)5-7-15(17)16-8-6-14(22)10-18(16)26-20(24)12(3)4/h5-10H,1,3,21-22H2,2,4H3. The topological polar surface area (TPSA) is 105 Å². The van der Waals surface area contributed by atoms with Crippen molar-refractivity contribution in [3.8, 4) is 22.6 Å². The van der Waals surface area contributed by atoms with E-state index < -0.39 is 11.9 Å². The molecule has 0 heterocycles. The molecule has 0 atom stereocenters. The molecule has 4 N–H and O–H groups in total. The lowest BCUT2D eigenvalue weighted by Gasteiger charge is -2.15. The van der Waals surface area contributed by atoms with E-state index >= 15 is 0 Å². The highest BCUT2D eigenvalue weighted by Gasteiger charge is 2.18. The molecule has 0 aromatic heterocycles. The molecule has 134 valence electrons. The predicted molar refractivity (Wildman–Crippen MR) is 102 cm³/mol. The lowest BCUT2D eigenvalue weighted by atomic mass is 10.0. The van der Waals surface area contributed by atoms with Crippen LogP contribution >= 0.6 is 0 Å². The molecule has 0 bridgehead atoms. The molecule has 0 aliphatic heterocycles. The highest BCUT2D eigenvalue weighted by molar-refractivity contribution is 5.93. The summed E-state index contributed by atoms with van der Waals surface area (Å²) in [6.45, 7) is 10.2. The minimum atomic E-state index is -0.590. The summed E-state index contributed by atoms with van der Waals surface area (Å²) in [5.41, 5.74) is 13.9. The third-order valence-electron chi connectivity index (χ3n) is 3.40. The van der Waals surface area contributed by atoms with Gasteiger partial charge >= 0.3 is 11.9 Å². The Bertz CT molecular complexity index is 841. The van der Waals surface area contributed by atoms with Gasteiger partial charge in [0, 0.05) is 45.8 Å². The van der Waals surface area contributed by atoms with Gasteiger partial charge in [0.25, 0.3) is 0 Å². The highest BCUT2D eigenvalue weighted by Crippen LogP contribution is 2.39. The van der Waals surface area contributed by atoms with Crippen LogP contribution in [0, 0.1) is 0 Å². The van der Waals surface area contributed by atoms with E-state index in [2.05, 4.69) is 13.2 Å². The first-order chi connectivity index (χ1) is 12.2. The predicted octanol–water partition coefficient (Wildman–Crippen LogP) is 3.48. The van der Waals surface area contributed by atoms with Gasteiger partial charge in [-0.05, 0) is 38.1 Å². The third-order valence-corrected chi connectivity index (χ3v) is 3.40. The summed E-state index contributed by atoms with van der Waals surface area (Å²) in [4.78, 5) is 23.9. The van der Waals surface area contributed by atoms with Crippen LogP contribution < -0.4 is 20.9 Å². The summed E-state index contributed by atoms with van der Waals surface area (Å²) in [6.07, 6.45) is 0. The molecule has 0 amide bonds. The Labute approximate surface area is 151 Å². The first-order valence-corrected chi connectivity index (χ1v) is 7.74. The number of carbonyl (C=O) groups excluding carboxylic acids is 2. The van der Waals surface area contributed by atoms with Crippen LogP contribution in [0.5, 0.6) is 11.5 Å². The number of hydrogen-bond acceptors (Lipinski definition) is 6. The summed E-state index contributed by atoms with van der Waals surface area (Å²) in [5.74, 6) is -0.744. The minimum absolute atomic E-state index is 0.218. The number of anilines is 2. The summed E-state index contributed by atoms with van der Waals surface area (Å²) >= 11 is 0. The Balaban J connectivity index is 2.57. The zero-order chi connectivity index (χ0) is 19.4. The van der Waals surface area contributed by atoms with Gasteiger partial charge in [0.2, 0.25) is 0 Å². The Kier molecular flexibility index (Phi) is 5.47. The van der Waals surface area contributed by atoms with E-state index in [-0.39, 0.29) is 22.6 Å². The van der Waals surface area contributed by atoms with Crippen LogP contribution in [0.4, 0.5) is 11.4 Å². The van der Waals surface area contributed by atoms with E-state index in [9.17, 15) is 9.59 Å². The fourth-order valence-corrected chi connectivity index (χ4v) is 2.07. The fourth-order valence-electron chi connectivity index (χ4n) is 2.07. The molecule has 2 aromatic carbocycles. The largest absolute Gasteiger partial charge is 0.422 e. The quantitative estimate of drug-likeness (QED) is 0.369. The number of benzene rings is 2. The average Bonchev–Trinajstić information content (AvgIpc) is 2.55. The van der Waals surface area contributed by atoms with Crippen LogP contribution in [0.15, 0.2) is 60.7 Å². The number of ether oxygens (including phenoxy) is 2. The van der Waals surface area contributed by atoms with Crippen molar-refractivity contribution in [2.45, 2.75) is 13.8 Å². The number of carbonyl (C=O) groups is 2. The van der Waals surface area contributed by atoms with Crippen molar-refractivity contribution < 1.29 is 19.1 Å². The number of nitrogen functional groups attached to an aromatic ring is 2. The van der Waals surface area contributed by atoms with Crippen LogP contribution in [-0.4, -0.2) is 11.9 Å². The van der Waals surface area contributed by atoms with Crippen molar-refractivity contribution in [2.24, 2.45) is 0 Å². The zero-order valence-electron chi connectivity index (χ0n) is 14.7. The van der Waals surface area contributed by atoms with E-state index in [1.165, 1.54) is 26.0 Å². The van der Waals surface area contributed by atoms with E-state index in [1.807, 2.05) is 0 Å². The molecular formula is C20H20N2O4. The molecule has 0 radical (unpaired) electrons. The van der Waals surface area contributed by atoms with Gasteiger partial charge in [0.15, 0.2) is 0 Å². The first kappa shape index (κ1) is 18.8. The maximum atomic E-state index is 11.9. The molecule has 0 aliphatic carbocycles. The van der Waals surface area contributed by atoms with E-state index in [0.717, 1.165) is 0 Å². The van der Waals surface area contributed by atoms with Crippen molar-refractivity contribution in [3.63, 3.8) is 0 Å². The van der Waals surface area contributed by atoms with Crippen molar-refractivity contribution in [3.05, 3.63) is 60.7 Å². The van der Waals surface area contributed by atoms with Crippen LogP contribution in [0.3, 0.4) is 0 Å². The Morgan fingerprint density at radius 1 is 0.769 bits per heavy atom. The van der Waals surface area contributed by atoms with E-state index in [0.29, 0.717) is 22.5 Å². The van der Waals surface area contributed by atoms with Crippen LogP contribution in [-0.2, 0) is 9.59 Å². The average molecular weight is 352 g/mol. The smallest absolute Gasteiger partial charge is 0.338 e. The molecule has 2 rings (SSSR count). The van der Waals surface area contributed by atoms with Crippen molar-refractivity contribution >= 4 is 23.3 Å². The van der Waals surface area contributed by atoms with Gasteiger partial charge in [0.1, 0.15) is 11.5 Å². The normalized spacial score (nSPS) is 10.1. The molecule has 6 nitrogen and oxygen atoms in total. The van der Waals surface area contributed by atoms with Crippen molar-refractivity contribution in [1.82, 2.24) is 0 Å². The molecule has 6 heteroatoms. The zero-order valence-corrected chi connectivity index (χ0v) is 14.7. The van der Waals surface area contributed by atoms with Gasteiger partial charge < -0.3 is 20.9 Å². The van der Waals surface area contributed by atoms with Crippen molar-refractivity contribution in [1.29, 1.82) is 0 Å².